The van der Waals surface area contributed by atoms with Crippen molar-refractivity contribution < 1.29 is 14.6 Å². The zero-order valence-corrected chi connectivity index (χ0v) is 12.7. The van der Waals surface area contributed by atoms with E-state index in [9.17, 15) is 0 Å². The third-order valence-corrected chi connectivity index (χ3v) is 3.53. The molecule has 1 heterocycles. The maximum Gasteiger partial charge on any atom is 0.134 e. The van der Waals surface area contributed by atoms with Gasteiger partial charge in [-0.25, -0.2) is 0 Å². The SMILES string of the molecule is OCCN(CCO)Cc1ccc(-c2ccc(Br)cc2)o1. The normalized spacial score (nSPS) is 11.2. The van der Waals surface area contributed by atoms with Crippen LogP contribution >= 0.6 is 15.9 Å². The Kier molecular flexibility index (Phi) is 5.79. The van der Waals surface area contributed by atoms with Crippen molar-refractivity contribution in [2.24, 2.45) is 0 Å². The first-order chi connectivity index (χ1) is 9.72. The Morgan fingerprint density at radius 1 is 0.950 bits per heavy atom. The fourth-order valence-electron chi connectivity index (χ4n) is 2.01. The minimum absolute atomic E-state index is 0.0697. The summed E-state index contributed by atoms with van der Waals surface area (Å²) in [6, 6.07) is 11.8. The second kappa shape index (κ2) is 7.59. The van der Waals surface area contributed by atoms with Gasteiger partial charge in [0, 0.05) is 23.1 Å². The smallest absolute Gasteiger partial charge is 0.134 e. The van der Waals surface area contributed by atoms with Crippen molar-refractivity contribution in [1.29, 1.82) is 0 Å². The summed E-state index contributed by atoms with van der Waals surface area (Å²) >= 11 is 3.41. The Balaban J connectivity index is 2.06. The fourth-order valence-corrected chi connectivity index (χ4v) is 2.27. The van der Waals surface area contributed by atoms with Crippen molar-refractivity contribution in [2.75, 3.05) is 26.3 Å². The molecule has 20 heavy (non-hydrogen) atoms. The van der Waals surface area contributed by atoms with Crippen LogP contribution in [0.5, 0.6) is 0 Å². The molecule has 108 valence electrons. The van der Waals surface area contributed by atoms with E-state index in [-0.39, 0.29) is 13.2 Å². The number of nitrogens with zero attached hydrogens (tertiary/aromatic N) is 1. The van der Waals surface area contributed by atoms with Crippen molar-refractivity contribution in [3.05, 3.63) is 46.6 Å². The largest absolute Gasteiger partial charge is 0.460 e. The first-order valence-electron chi connectivity index (χ1n) is 6.51. The van der Waals surface area contributed by atoms with E-state index in [1.54, 1.807) is 0 Å². The monoisotopic (exact) mass is 339 g/mol. The van der Waals surface area contributed by atoms with Crippen molar-refractivity contribution in [1.82, 2.24) is 4.90 Å². The van der Waals surface area contributed by atoms with E-state index in [0.717, 1.165) is 21.6 Å². The van der Waals surface area contributed by atoms with Crippen LogP contribution in [0, 0.1) is 0 Å². The lowest BCUT2D eigenvalue weighted by atomic mass is 10.2. The zero-order valence-electron chi connectivity index (χ0n) is 11.1. The molecule has 2 aromatic rings. The van der Waals surface area contributed by atoms with Crippen LogP contribution in [0.1, 0.15) is 5.76 Å². The molecule has 0 amide bonds. The van der Waals surface area contributed by atoms with Gasteiger partial charge in [0.05, 0.1) is 19.8 Å². The Morgan fingerprint density at radius 2 is 1.60 bits per heavy atom. The number of rotatable bonds is 7. The maximum absolute atomic E-state index is 8.99. The maximum atomic E-state index is 8.99. The highest BCUT2D eigenvalue weighted by Crippen LogP contribution is 2.24. The van der Waals surface area contributed by atoms with Crippen LogP contribution in [-0.2, 0) is 6.54 Å². The molecule has 2 N–H and O–H groups in total. The van der Waals surface area contributed by atoms with E-state index in [2.05, 4.69) is 15.9 Å². The van der Waals surface area contributed by atoms with Gasteiger partial charge in [-0.2, -0.15) is 0 Å². The van der Waals surface area contributed by atoms with Gasteiger partial charge in [-0.1, -0.05) is 28.1 Å². The van der Waals surface area contributed by atoms with Crippen LogP contribution in [0.15, 0.2) is 45.3 Å². The molecule has 0 saturated heterocycles. The molecule has 1 aromatic carbocycles. The molecule has 0 aliphatic heterocycles. The lowest BCUT2D eigenvalue weighted by Crippen LogP contribution is -2.29. The molecule has 0 aliphatic carbocycles. The van der Waals surface area contributed by atoms with E-state index in [4.69, 9.17) is 14.6 Å². The molecule has 5 heteroatoms. The average Bonchev–Trinajstić information content (AvgIpc) is 2.89. The molecule has 1 aromatic heterocycles. The van der Waals surface area contributed by atoms with Crippen LogP contribution in [0.3, 0.4) is 0 Å². The topological polar surface area (TPSA) is 56.8 Å². The lowest BCUT2D eigenvalue weighted by molar-refractivity contribution is 0.149. The van der Waals surface area contributed by atoms with Gasteiger partial charge in [-0.15, -0.1) is 0 Å². The fraction of sp³-hybridized carbons (Fsp3) is 0.333. The summed E-state index contributed by atoms with van der Waals surface area (Å²) in [7, 11) is 0. The lowest BCUT2D eigenvalue weighted by Gasteiger charge is -2.18. The van der Waals surface area contributed by atoms with Crippen molar-refractivity contribution in [2.45, 2.75) is 6.54 Å². The first kappa shape index (κ1) is 15.3. The van der Waals surface area contributed by atoms with Crippen molar-refractivity contribution in [3.63, 3.8) is 0 Å². The van der Waals surface area contributed by atoms with Gasteiger partial charge in [0.15, 0.2) is 0 Å². The van der Waals surface area contributed by atoms with Gasteiger partial charge < -0.3 is 14.6 Å². The molecule has 0 atom stereocenters. The van der Waals surface area contributed by atoms with Crippen LogP contribution in [-0.4, -0.2) is 41.4 Å². The Labute approximate surface area is 126 Å². The zero-order chi connectivity index (χ0) is 14.4. The average molecular weight is 340 g/mol. The number of halogens is 1. The number of aliphatic hydroxyl groups excluding tert-OH is 2. The van der Waals surface area contributed by atoms with Gasteiger partial charge in [0.2, 0.25) is 0 Å². The second-order valence-corrected chi connectivity index (χ2v) is 5.41. The molecule has 2 rings (SSSR count). The summed E-state index contributed by atoms with van der Waals surface area (Å²) < 4.78 is 6.84. The predicted octanol–water partition coefficient (Wildman–Crippen LogP) is 2.50. The highest BCUT2D eigenvalue weighted by Gasteiger charge is 2.09. The molecule has 0 spiro atoms. The number of hydrogen-bond donors (Lipinski definition) is 2. The number of benzene rings is 1. The van der Waals surface area contributed by atoms with Crippen LogP contribution in [0.4, 0.5) is 0 Å². The number of aliphatic hydroxyl groups is 2. The third-order valence-electron chi connectivity index (χ3n) is 3.00. The summed E-state index contributed by atoms with van der Waals surface area (Å²) in [5.74, 6) is 1.64. The molecular weight excluding hydrogens is 322 g/mol. The van der Waals surface area contributed by atoms with Crippen molar-refractivity contribution >= 4 is 15.9 Å². The van der Waals surface area contributed by atoms with E-state index < -0.39 is 0 Å². The number of hydrogen-bond acceptors (Lipinski definition) is 4. The molecule has 0 saturated carbocycles. The molecule has 0 fully saturated rings. The summed E-state index contributed by atoms with van der Waals surface area (Å²) in [5, 5.41) is 18.0. The van der Waals surface area contributed by atoms with E-state index in [0.29, 0.717) is 19.6 Å². The summed E-state index contributed by atoms with van der Waals surface area (Å²) in [4.78, 5) is 1.95. The Morgan fingerprint density at radius 3 is 2.20 bits per heavy atom. The highest BCUT2D eigenvalue weighted by atomic mass is 79.9. The van der Waals surface area contributed by atoms with Gasteiger partial charge >= 0.3 is 0 Å². The molecule has 0 radical (unpaired) electrons. The van der Waals surface area contributed by atoms with E-state index in [1.165, 1.54) is 0 Å². The molecular formula is C15H18BrNO3. The van der Waals surface area contributed by atoms with E-state index in [1.807, 2.05) is 41.3 Å². The minimum atomic E-state index is 0.0697. The highest BCUT2D eigenvalue weighted by molar-refractivity contribution is 9.10. The Bertz CT molecular complexity index is 518. The quantitative estimate of drug-likeness (QED) is 0.813. The summed E-state index contributed by atoms with van der Waals surface area (Å²) in [6.07, 6.45) is 0. The van der Waals surface area contributed by atoms with E-state index >= 15 is 0 Å². The third kappa shape index (κ3) is 4.18. The number of furan rings is 1. The minimum Gasteiger partial charge on any atom is -0.460 e. The molecule has 0 aliphatic rings. The van der Waals surface area contributed by atoms with Gasteiger partial charge in [-0.3, -0.25) is 4.90 Å². The molecule has 0 bridgehead atoms. The van der Waals surface area contributed by atoms with Crippen molar-refractivity contribution in [3.8, 4) is 11.3 Å². The van der Waals surface area contributed by atoms with Gasteiger partial charge in [0.1, 0.15) is 11.5 Å². The molecule has 4 nitrogen and oxygen atoms in total. The van der Waals surface area contributed by atoms with Crippen LogP contribution < -0.4 is 0 Å². The first-order valence-corrected chi connectivity index (χ1v) is 7.31. The van der Waals surface area contributed by atoms with Gasteiger partial charge in [-0.05, 0) is 24.3 Å². The van der Waals surface area contributed by atoms with Crippen LogP contribution in [0.25, 0.3) is 11.3 Å². The standard InChI is InChI=1S/C15H18BrNO3/c16-13-3-1-12(2-4-13)15-6-5-14(20-15)11-17(7-9-18)8-10-19/h1-6,18-19H,7-11H2. The second-order valence-electron chi connectivity index (χ2n) is 4.50. The van der Waals surface area contributed by atoms with Gasteiger partial charge in [0.25, 0.3) is 0 Å². The molecule has 0 unspecified atom stereocenters. The van der Waals surface area contributed by atoms with Crippen LogP contribution in [0.2, 0.25) is 0 Å². The summed E-state index contributed by atoms with van der Waals surface area (Å²) in [5.41, 5.74) is 1.02. The summed E-state index contributed by atoms with van der Waals surface area (Å²) in [6.45, 7) is 1.77. The Hall–Kier alpha value is -1.14. The predicted molar refractivity (Wildman–Crippen MR) is 81.3 cm³/mol.